The third-order valence-corrected chi connectivity index (χ3v) is 4.05. The zero-order valence-electron chi connectivity index (χ0n) is 15.8. The van der Waals surface area contributed by atoms with Crippen molar-refractivity contribution in [2.45, 2.75) is 27.2 Å². The molecular formula is C21H24N2O4. The molecule has 0 spiro atoms. The summed E-state index contributed by atoms with van der Waals surface area (Å²) in [6, 6.07) is 12.0. The molecule has 0 aliphatic rings. The molecule has 0 fully saturated rings. The Morgan fingerprint density at radius 1 is 0.852 bits per heavy atom. The van der Waals surface area contributed by atoms with Gasteiger partial charge in [0.25, 0.3) is 11.8 Å². The largest absolute Gasteiger partial charge is 0.427 e. The maximum atomic E-state index is 12.1. The first-order chi connectivity index (χ1) is 12.9. The van der Waals surface area contributed by atoms with Crippen LogP contribution in [0.25, 0.3) is 0 Å². The van der Waals surface area contributed by atoms with E-state index in [-0.39, 0.29) is 11.8 Å². The van der Waals surface area contributed by atoms with Crippen LogP contribution >= 0.6 is 0 Å². The quantitative estimate of drug-likeness (QED) is 0.447. The summed E-state index contributed by atoms with van der Waals surface area (Å²) in [6.07, 6.45) is 0.603. The molecule has 0 bridgehead atoms. The number of aryl methyl sites for hydroxylation is 2. The summed E-state index contributed by atoms with van der Waals surface area (Å²) >= 11 is 0. The second kappa shape index (κ2) is 9.52. The van der Waals surface area contributed by atoms with Crippen molar-refractivity contribution in [3.05, 3.63) is 64.7 Å². The van der Waals surface area contributed by atoms with Crippen LogP contribution in [0.15, 0.2) is 42.5 Å². The van der Waals surface area contributed by atoms with Crippen molar-refractivity contribution in [3.8, 4) is 5.75 Å². The Kier molecular flexibility index (Phi) is 7.11. The summed E-state index contributed by atoms with van der Waals surface area (Å²) in [5.74, 6) is -0.495. The van der Waals surface area contributed by atoms with Gasteiger partial charge in [-0.1, -0.05) is 12.1 Å². The summed E-state index contributed by atoms with van der Waals surface area (Å²) in [6.45, 7) is 6.15. The second-order valence-corrected chi connectivity index (χ2v) is 6.29. The van der Waals surface area contributed by atoms with Crippen molar-refractivity contribution in [3.63, 3.8) is 0 Å². The number of esters is 1. The van der Waals surface area contributed by atoms with Gasteiger partial charge in [-0.25, -0.2) is 0 Å². The van der Waals surface area contributed by atoms with Crippen LogP contribution in [0.5, 0.6) is 5.75 Å². The fourth-order valence-corrected chi connectivity index (χ4v) is 2.45. The first kappa shape index (κ1) is 20.2. The SMILES string of the molecule is CC(=O)Oc1cccc(C(=O)NCCCNC(=O)c2ccc(C)c(C)c2)c1. The normalized spacial score (nSPS) is 10.2. The van der Waals surface area contributed by atoms with Crippen LogP contribution in [-0.4, -0.2) is 30.9 Å². The van der Waals surface area contributed by atoms with E-state index in [4.69, 9.17) is 4.74 Å². The van der Waals surface area contributed by atoms with Crippen LogP contribution in [0, 0.1) is 13.8 Å². The lowest BCUT2D eigenvalue weighted by atomic mass is 10.1. The van der Waals surface area contributed by atoms with E-state index in [0.717, 1.165) is 11.1 Å². The number of hydrogen-bond donors (Lipinski definition) is 2. The number of ether oxygens (including phenoxy) is 1. The zero-order valence-corrected chi connectivity index (χ0v) is 15.8. The Balaban J connectivity index is 1.74. The standard InChI is InChI=1S/C21H24N2O4/c1-14-8-9-18(12-15(14)2)21(26)23-11-5-10-22-20(25)17-6-4-7-19(13-17)27-16(3)24/h4,6-9,12-13H,5,10-11H2,1-3H3,(H,22,25)(H,23,26). The van der Waals surface area contributed by atoms with Gasteiger partial charge in [0.2, 0.25) is 0 Å². The van der Waals surface area contributed by atoms with Crippen LogP contribution in [0.1, 0.15) is 45.2 Å². The fraction of sp³-hybridized carbons (Fsp3) is 0.286. The molecule has 27 heavy (non-hydrogen) atoms. The zero-order chi connectivity index (χ0) is 19.8. The lowest BCUT2D eigenvalue weighted by molar-refractivity contribution is -0.131. The van der Waals surface area contributed by atoms with Gasteiger partial charge in [-0.3, -0.25) is 14.4 Å². The lowest BCUT2D eigenvalue weighted by Gasteiger charge is -2.09. The monoisotopic (exact) mass is 368 g/mol. The predicted molar refractivity (Wildman–Crippen MR) is 103 cm³/mol. The molecule has 2 N–H and O–H groups in total. The molecule has 0 aliphatic heterocycles. The maximum Gasteiger partial charge on any atom is 0.308 e. The van der Waals surface area contributed by atoms with Crippen LogP contribution in [-0.2, 0) is 4.79 Å². The van der Waals surface area contributed by atoms with E-state index in [1.54, 1.807) is 24.3 Å². The molecule has 0 radical (unpaired) electrons. The molecule has 0 heterocycles. The third-order valence-electron chi connectivity index (χ3n) is 4.05. The molecule has 6 heteroatoms. The summed E-state index contributed by atoms with van der Waals surface area (Å²) in [5.41, 5.74) is 3.26. The Morgan fingerprint density at radius 2 is 1.48 bits per heavy atom. The Bertz CT molecular complexity index is 846. The highest BCUT2D eigenvalue weighted by Gasteiger charge is 2.08. The van der Waals surface area contributed by atoms with Crippen LogP contribution < -0.4 is 15.4 Å². The van der Waals surface area contributed by atoms with E-state index < -0.39 is 5.97 Å². The molecule has 0 aliphatic carbocycles. The minimum atomic E-state index is -0.438. The highest BCUT2D eigenvalue weighted by atomic mass is 16.5. The van der Waals surface area contributed by atoms with Crippen molar-refractivity contribution in [2.75, 3.05) is 13.1 Å². The Hall–Kier alpha value is -3.15. The molecular weight excluding hydrogens is 344 g/mol. The van der Waals surface area contributed by atoms with Crippen LogP contribution in [0.2, 0.25) is 0 Å². The molecule has 0 aromatic heterocycles. The van der Waals surface area contributed by atoms with Crippen molar-refractivity contribution >= 4 is 17.8 Å². The van der Waals surface area contributed by atoms with Crippen molar-refractivity contribution < 1.29 is 19.1 Å². The molecule has 0 unspecified atom stereocenters. The lowest BCUT2D eigenvalue weighted by Crippen LogP contribution is -2.30. The van der Waals surface area contributed by atoms with Gasteiger partial charge < -0.3 is 15.4 Å². The number of hydrogen-bond acceptors (Lipinski definition) is 4. The van der Waals surface area contributed by atoms with Gasteiger partial charge in [0.1, 0.15) is 5.75 Å². The number of amides is 2. The summed E-state index contributed by atoms with van der Waals surface area (Å²) in [5, 5.41) is 5.62. The van der Waals surface area contributed by atoms with Crippen molar-refractivity contribution in [1.82, 2.24) is 10.6 Å². The first-order valence-electron chi connectivity index (χ1n) is 8.79. The van der Waals surface area contributed by atoms with E-state index in [1.165, 1.54) is 13.0 Å². The fourth-order valence-electron chi connectivity index (χ4n) is 2.45. The minimum Gasteiger partial charge on any atom is -0.427 e. The van der Waals surface area contributed by atoms with E-state index in [2.05, 4.69) is 10.6 Å². The molecule has 2 rings (SSSR count). The number of rotatable bonds is 7. The number of carbonyl (C=O) groups is 3. The van der Waals surface area contributed by atoms with Crippen LogP contribution in [0.3, 0.4) is 0 Å². The average Bonchev–Trinajstić information content (AvgIpc) is 2.63. The van der Waals surface area contributed by atoms with Gasteiger partial charge >= 0.3 is 5.97 Å². The van der Waals surface area contributed by atoms with E-state index in [0.29, 0.717) is 36.4 Å². The molecule has 0 atom stereocenters. The van der Waals surface area contributed by atoms with E-state index in [1.807, 2.05) is 26.0 Å². The van der Waals surface area contributed by atoms with Crippen LogP contribution in [0.4, 0.5) is 0 Å². The van der Waals surface area contributed by atoms with Gasteiger partial charge in [-0.05, 0) is 61.7 Å². The average molecular weight is 368 g/mol. The summed E-state index contributed by atoms with van der Waals surface area (Å²) in [7, 11) is 0. The smallest absolute Gasteiger partial charge is 0.308 e. The highest BCUT2D eigenvalue weighted by Crippen LogP contribution is 2.13. The number of nitrogens with one attached hydrogen (secondary N) is 2. The minimum absolute atomic E-state index is 0.126. The van der Waals surface area contributed by atoms with E-state index in [9.17, 15) is 14.4 Å². The summed E-state index contributed by atoms with van der Waals surface area (Å²) < 4.78 is 4.97. The third kappa shape index (κ3) is 6.26. The molecule has 2 amide bonds. The van der Waals surface area contributed by atoms with Gasteiger partial charge in [0, 0.05) is 31.1 Å². The first-order valence-corrected chi connectivity index (χ1v) is 8.79. The van der Waals surface area contributed by atoms with E-state index >= 15 is 0 Å². The van der Waals surface area contributed by atoms with Gasteiger partial charge in [0.15, 0.2) is 0 Å². The molecule has 2 aromatic rings. The molecule has 0 saturated carbocycles. The van der Waals surface area contributed by atoms with Crippen molar-refractivity contribution in [2.24, 2.45) is 0 Å². The molecule has 6 nitrogen and oxygen atoms in total. The topological polar surface area (TPSA) is 84.5 Å². The Morgan fingerprint density at radius 3 is 2.07 bits per heavy atom. The second-order valence-electron chi connectivity index (χ2n) is 6.29. The summed E-state index contributed by atoms with van der Waals surface area (Å²) in [4.78, 5) is 35.2. The van der Waals surface area contributed by atoms with Gasteiger partial charge in [-0.15, -0.1) is 0 Å². The number of carbonyl (C=O) groups excluding carboxylic acids is 3. The Labute approximate surface area is 158 Å². The molecule has 142 valence electrons. The van der Waals surface area contributed by atoms with Gasteiger partial charge in [-0.2, -0.15) is 0 Å². The van der Waals surface area contributed by atoms with Gasteiger partial charge in [0.05, 0.1) is 0 Å². The predicted octanol–water partition coefficient (Wildman–Crippen LogP) is 2.78. The highest BCUT2D eigenvalue weighted by molar-refractivity contribution is 5.95. The molecule has 0 saturated heterocycles. The number of benzene rings is 2. The maximum absolute atomic E-state index is 12.1. The molecule has 2 aromatic carbocycles. The van der Waals surface area contributed by atoms with Crippen molar-refractivity contribution in [1.29, 1.82) is 0 Å².